The second-order valence-electron chi connectivity index (χ2n) is 8.11. The van der Waals surface area contributed by atoms with Gasteiger partial charge >= 0.3 is 0 Å². The van der Waals surface area contributed by atoms with Gasteiger partial charge in [-0.15, -0.1) is 0 Å². The van der Waals surface area contributed by atoms with Crippen LogP contribution in [-0.2, 0) is 9.53 Å². The summed E-state index contributed by atoms with van der Waals surface area (Å²) in [4.78, 5) is 32.4. The lowest BCUT2D eigenvalue weighted by Gasteiger charge is -2.20. The monoisotopic (exact) mass is 395 g/mol. The highest BCUT2D eigenvalue weighted by atomic mass is 16.5. The van der Waals surface area contributed by atoms with Crippen LogP contribution in [0.3, 0.4) is 0 Å². The van der Waals surface area contributed by atoms with Crippen LogP contribution in [-0.4, -0.2) is 55.0 Å². The van der Waals surface area contributed by atoms with Crippen molar-refractivity contribution < 1.29 is 14.3 Å². The Morgan fingerprint density at radius 2 is 2.00 bits per heavy atom. The molecule has 1 saturated carbocycles. The van der Waals surface area contributed by atoms with E-state index in [9.17, 15) is 9.59 Å². The van der Waals surface area contributed by atoms with E-state index in [2.05, 4.69) is 5.32 Å². The summed E-state index contributed by atoms with van der Waals surface area (Å²) < 4.78 is 5.03. The molecule has 2 heterocycles. The first-order chi connectivity index (χ1) is 14.2. The number of ether oxygens (including phenoxy) is 1. The third kappa shape index (κ3) is 4.27. The Labute approximate surface area is 171 Å². The number of likely N-dealkylation sites (tertiary alicyclic amines) is 1. The first-order valence-electron chi connectivity index (χ1n) is 10.6. The van der Waals surface area contributed by atoms with Crippen molar-refractivity contribution in [2.24, 2.45) is 5.92 Å². The van der Waals surface area contributed by atoms with E-state index in [1.807, 2.05) is 35.2 Å². The first kappa shape index (κ1) is 19.8. The van der Waals surface area contributed by atoms with Crippen LogP contribution >= 0.6 is 0 Å². The SMILES string of the molecule is COCCNC(=O)c1cc(C2CCN(C(=O)C3CCCC3)C2)nc2ccccc12. The Hall–Kier alpha value is -2.47. The molecule has 4 rings (SSSR count). The standard InChI is InChI=1S/C23H29N3O3/c1-29-13-11-24-22(27)19-14-21(25-20-9-5-4-8-18(19)20)17-10-12-26(15-17)23(28)16-6-2-3-7-16/h4-5,8-9,14,16-17H,2-3,6-7,10-13,15H2,1H3,(H,24,27). The number of methoxy groups -OCH3 is 1. The molecular weight excluding hydrogens is 366 g/mol. The van der Waals surface area contributed by atoms with Gasteiger partial charge in [0, 0.05) is 49.7 Å². The summed E-state index contributed by atoms with van der Waals surface area (Å²) in [7, 11) is 1.62. The molecule has 2 fully saturated rings. The van der Waals surface area contributed by atoms with Crippen LogP contribution in [0.25, 0.3) is 10.9 Å². The number of hydrogen-bond acceptors (Lipinski definition) is 4. The summed E-state index contributed by atoms with van der Waals surface area (Å²) in [5.41, 5.74) is 2.37. The van der Waals surface area contributed by atoms with E-state index >= 15 is 0 Å². The Bertz CT molecular complexity index is 892. The number of rotatable bonds is 6. The smallest absolute Gasteiger partial charge is 0.252 e. The zero-order valence-electron chi connectivity index (χ0n) is 17.0. The van der Waals surface area contributed by atoms with E-state index < -0.39 is 0 Å². The minimum absolute atomic E-state index is 0.112. The number of benzene rings is 1. The predicted molar refractivity (Wildman–Crippen MR) is 112 cm³/mol. The van der Waals surface area contributed by atoms with Crippen LogP contribution in [0, 0.1) is 5.92 Å². The van der Waals surface area contributed by atoms with Crippen LogP contribution in [0.1, 0.15) is 54.1 Å². The molecule has 1 aliphatic heterocycles. The van der Waals surface area contributed by atoms with E-state index in [0.717, 1.165) is 42.4 Å². The maximum absolute atomic E-state index is 12.8. The molecule has 1 saturated heterocycles. The molecule has 2 amide bonds. The van der Waals surface area contributed by atoms with Crippen LogP contribution in [0.4, 0.5) is 0 Å². The van der Waals surface area contributed by atoms with Crippen molar-refractivity contribution in [3.8, 4) is 0 Å². The van der Waals surface area contributed by atoms with Gasteiger partial charge in [0.1, 0.15) is 0 Å². The van der Waals surface area contributed by atoms with Gasteiger partial charge in [-0.05, 0) is 31.4 Å². The number of amides is 2. The van der Waals surface area contributed by atoms with Crippen LogP contribution in [0.5, 0.6) is 0 Å². The number of aromatic nitrogens is 1. The maximum Gasteiger partial charge on any atom is 0.252 e. The molecule has 2 aromatic rings. The average molecular weight is 396 g/mol. The highest BCUT2D eigenvalue weighted by Gasteiger charge is 2.33. The predicted octanol–water partition coefficient (Wildman–Crippen LogP) is 3.12. The molecule has 1 aromatic carbocycles. The second kappa shape index (κ2) is 8.91. The van der Waals surface area contributed by atoms with Gasteiger partial charge in [0.2, 0.25) is 5.91 Å². The zero-order chi connectivity index (χ0) is 20.2. The Balaban J connectivity index is 1.56. The van der Waals surface area contributed by atoms with E-state index in [-0.39, 0.29) is 17.7 Å². The molecule has 154 valence electrons. The number of carbonyl (C=O) groups excluding carboxylic acids is 2. The lowest BCUT2D eigenvalue weighted by molar-refractivity contribution is -0.134. The summed E-state index contributed by atoms with van der Waals surface area (Å²) in [5.74, 6) is 0.582. The van der Waals surface area contributed by atoms with Crippen LogP contribution in [0.2, 0.25) is 0 Å². The summed E-state index contributed by atoms with van der Waals surface area (Å²) >= 11 is 0. The highest BCUT2D eigenvalue weighted by Crippen LogP contribution is 2.33. The normalized spacial score (nSPS) is 19.8. The second-order valence-corrected chi connectivity index (χ2v) is 8.11. The van der Waals surface area contributed by atoms with Gasteiger partial charge in [-0.1, -0.05) is 31.0 Å². The lowest BCUT2D eigenvalue weighted by Crippen LogP contribution is -2.33. The molecule has 1 aromatic heterocycles. The van der Waals surface area contributed by atoms with Gasteiger partial charge in [-0.2, -0.15) is 0 Å². The Morgan fingerprint density at radius 3 is 2.79 bits per heavy atom. The number of nitrogens with zero attached hydrogens (tertiary/aromatic N) is 2. The molecule has 0 spiro atoms. The molecule has 1 unspecified atom stereocenters. The van der Waals surface area contributed by atoms with E-state index in [4.69, 9.17) is 9.72 Å². The number of para-hydroxylation sites is 1. The average Bonchev–Trinajstić information content (AvgIpc) is 3.45. The van der Waals surface area contributed by atoms with Crippen LogP contribution < -0.4 is 5.32 Å². The number of fused-ring (bicyclic) bond motifs is 1. The van der Waals surface area contributed by atoms with Gasteiger partial charge < -0.3 is 15.0 Å². The lowest BCUT2D eigenvalue weighted by atomic mass is 9.99. The van der Waals surface area contributed by atoms with Gasteiger partial charge in [-0.25, -0.2) is 0 Å². The maximum atomic E-state index is 12.8. The van der Waals surface area contributed by atoms with E-state index in [1.54, 1.807) is 7.11 Å². The van der Waals surface area contributed by atoms with Crippen molar-refractivity contribution in [1.82, 2.24) is 15.2 Å². The van der Waals surface area contributed by atoms with Crippen molar-refractivity contribution in [1.29, 1.82) is 0 Å². The quantitative estimate of drug-likeness (QED) is 0.763. The highest BCUT2D eigenvalue weighted by molar-refractivity contribution is 6.06. The fraction of sp³-hybridized carbons (Fsp3) is 0.522. The molecule has 2 aliphatic rings. The minimum Gasteiger partial charge on any atom is -0.383 e. The van der Waals surface area contributed by atoms with Gasteiger partial charge in [0.25, 0.3) is 5.91 Å². The molecule has 1 N–H and O–H groups in total. The number of pyridine rings is 1. The largest absolute Gasteiger partial charge is 0.383 e. The third-order valence-corrected chi connectivity index (χ3v) is 6.19. The molecule has 1 atom stereocenters. The van der Waals surface area contributed by atoms with Gasteiger partial charge in [-0.3, -0.25) is 14.6 Å². The fourth-order valence-electron chi connectivity index (χ4n) is 4.59. The third-order valence-electron chi connectivity index (χ3n) is 6.19. The van der Waals surface area contributed by atoms with Crippen molar-refractivity contribution in [2.75, 3.05) is 33.4 Å². The summed E-state index contributed by atoms with van der Waals surface area (Å²) in [6.45, 7) is 2.42. The molecular formula is C23H29N3O3. The number of carbonyl (C=O) groups is 2. The van der Waals surface area contributed by atoms with E-state index in [0.29, 0.717) is 31.2 Å². The van der Waals surface area contributed by atoms with Crippen molar-refractivity contribution in [2.45, 2.75) is 38.0 Å². The minimum atomic E-state index is -0.112. The molecule has 1 aliphatic carbocycles. The Kier molecular flexibility index (Phi) is 6.09. The Morgan fingerprint density at radius 1 is 1.21 bits per heavy atom. The fourth-order valence-corrected chi connectivity index (χ4v) is 4.59. The molecule has 0 radical (unpaired) electrons. The summed E-state index contributed by atoms with van der Waals surface area (Å²) in [5, 5.41) is 3.77. The first-order valence-corrected chi connectivity index (χ1v) is 10.6. The van der Waals surface area contributed by atoms with Crippen molar-refractivity contribution in [3.63, 3.8) is 0 Å². The summed E-state index contributed by atoms with van der Waals surface area (Å²) in [6, 6.07) is 9.66. The van der Waals surface area contributed by atoms with Crippen LogP contribution in [0.15, 0.2) is 30.3 Å². The molecule has 6 nitrogen and oxygen atoms in total. The molecule has 6 heteroatoms. The number of nitrogens with one attached hydrogen (secondary N) is 1. The van der Waals surface area contributed by atoms with Crippen molar-refractivity contribution in [3.05, 3.63) is 41.6 Å². The van der Waals surface area contributed by atoms with E-state index in [1.165, 1.54) is 12.8 Å². The molecule has 0 bridgehead atoms. The van der Waals surface area contributed by atoms with Gasteiger partial charge in [0.15, 0.2) is 0 Å². The topological polar surface area (TPSA) is 71.5 Å². The zero-order valence-corrected chi connectivity index (χ0v) is 17.0. The molecule has 29 heavy (non-hydrogen) atoms. The summed E-state index contributed by atoms with van der Waals surface area (Å²) in [6.07, 6.45) is 5.29. The number of hydrogen-bond donors (Lipinski definition) is 1. The van der Waals surface area contributed by atoms with Gasteiger partial charge in [0.05, 0.1) is 17.7 Å². The van der Waals surface area contributed by atoms with Crippen molar-refractivity contribution >= 4 is 22.7 Å².